The highest BCUT2D eigenvalue weighted by atomic mass is 32.2. The third-order valence-electron chi connectivity index (χ3n) is 4.68. The fourth-order valence-electron chi connectivity index (χ4n) is 3.19. The number of carbonyl (C=O) groups is 1. The zero-order chi connectivity index (χ0) is 21.0. The second-order valence-corrected chi connectivity index (χ2v) is 8.56. The van der Waals surface area contributed by atoms with Gasteiger partial charge in [0.2, 0.25) is 5.91 Å². The molecule has 0 radical (unpaired) electrons. The monoisotopic (exact) mass is 443 g/mol. The van der Waals surface area contributed by atoms with Gasteiger partial charge in [-0.25, -0.2) is 4.98 Å². The number of aromatic nitrogens is 4. The van der Waals surface area contributed by atoms with Gasteiger partial charge in [0.05, 0.1) is 11.4 Å². The second kappa shape index (κ2) is 8.71. The molecule has 0 saturated carbocycles. The number of amides is 1. The van der Waals surface area contributed by atoms with Crippen LogP contribution in [-0.4, -0.2) is 31.4 Å². The lowest BCUT2D eigenvalue weighted by molar-refractivity contribution is -0.113. The number of nitrogens with zero attached hydrogens (tertiary/aromatic N) is 4. The van der Waals surface area contributed by atoms with Gasteiger partial charge < -0.3 is 5.32 Å². The van der Waals surface area contributed by atoms with Crippen LogP contribution in [0.5, 0.6) is 0 Å². The van der Waals surface area contributed by atoms with Gasteiger partial charge in [-0.05, 0) is 29.0 Å². The number of nitrogens with one attached hydrogen (secondary N) is 1. The normalized spacial score (nSPS) is 11.0. The molecule has 152 valence electrons. The van der Waals surface area contributed by atoms with Crippen molar-refractivity contribution in [2.75, 3.05) is 11.1 Å². The number of carbonyl (C=O) groups excluding carboxylic acids is 1. The first-order valence-electron chi connectivity index (χ1n) is 9.59. The van der Waals surface area contributed by atoms with Crippen molar-refractivity contribution in [2.45, 2.75) is 5.16 Å². The average molecular weight is 444 g/mol. The van der Waals surface area contributed by atoms with Crippen molar-refractivity contribution in [3.8, 4) is 16.9 Å². The van der Waals surface area contributed by atoms with E-state index in [1.807, 2.05) is 52.4 Å². The largest absolute Gasteiger partial charge is 0.301 e. The van der Waals surface area contributed by atoms with Crippen molar-refractivity contribution in [1.82, 2.24) is 19.7 Å². The highest BCUT2D eigenvalue weighted by Gasteiger charge is 2.12. The molecule has 5 rings (SSSR count). The molecule has 31 heavy (non-hydrogen) atoms. The van der Waals surface area contributed by atoms with Crippen molar-refractivity contribution in [1.29, 1.82) is 0 Å². The Balaban J connectivity index is 1.24. The summed E-state index contributed by atoms with van der Waals surface area (Å²) in [5.41, 5.74) is 2.83. The SMILES string of the molecule is O=C(CSc1nncn1-c1ccccc1)Nc1nc(-c2ccc3ccccc3c2)cs1. The van der Waals surface area contributed by atoms with Crippen LogP contribution in [0, 0.1) is 0 Å². The van der Waals surface area contributed by atoms with E-state index in [-0.39, 0.29) is 11.7 Å². The molecule has 0 unspecified atom stereocenters. The number of hydrogen-bond acceptors (Lipinski definition) is 6. The first-order chi connectivity index (χ1) is 15.3. The summed E-state index contributed by atoms with van der Waals surface area (Å²) < 4.78 is 1.86. The summed E-state index contributed by atoms with van der Waals surface area (Å²) >= 11 is 2.75. The topological polar surface area (TPSA) is 72.7 Å². The van der Waals surface area contributed by atoms with E-state index in [2.05, 4.69) is 50.8 Å². The minimum absolute atomic E-state index is 0.132. The molecule has 0 aliphatic heterocycles. The van der Waals surface area contributed by atoms with E-state index < -0.39 is 0 Å². The summed E-state index contributed by atoms with van der Waals surface area (Å²) in [5.74, 6) is 0.0863. The number of anilines is 1. The van der Waals surface area contributed by atoms with E-state index in [1.54, 1.807) is 6.33 Å². The quantitative estimate of drug-likeness (QED) is 0.362. The molecule has 1 amide bonds. The maximum Gasteiger partial charge on any atom is 0.236 e. The molecule has 2 heterocycles. The fraction of sp³-hybridized carbons (Fsp3) is 0.0435. The molecule has 1 N–H and O–H groups in total. The predicted octanol–water partition coefficient (Wildman–Crippen LogP) is 5.27. The lowest BCUT2D eigenvalue weighted by atomic mass is 10.1. The molecule has 5 aromatic rings. The Morgan fingerprint density at radius 2 is 1.81 bits per heavy atom. The standard InChI is InChI=1S/C23H17N5OS2/c29-21(14-31-23-27-24-15-28(23)19-8-2-1-3-9-19)26-22-25-20(13-30-22)18-11-10-16-6-4-5-7-17(16)12-18/h1-13,15H,14H2,(H,25,26,29). The summed E-state index contributed by atoms with van der Waals surface area (Å²) in [7, 11) is 0. The fourth-order valence-corrected chi connectivity index (χ4v) is 4.65. The van der Waals surface area contributed by atoms with Crippen LogP contribution in [0.1, 0.15) is 0 Å². The van der Waals surface area contributed by atoms with Crippen LogP contribution < -0.4 is 5.32 Å². The van der Waals surface area contributed by atoms with Gasteiger partial charge in [-0.2, -0.15) is 0 Å². The molecule has 8 heteroatoms. The number of hydrogen-bond donors (Lipinski definition) is 1. The van der Waals surface area contributed by atoms with Crippen molar-refractivity contribution < 1.29 is 4.79 Å². The molecule has 3 aromatic carbocycles. The van der Waals surface area contributed by atoms with E-state index in [1.165, 1.54) is 28.5 Å². The van der Waals surface area contributed by atoms with Crippen LogP contribution in [0.3, 0.4) is 0 Å². The van der Waals surface area contributed by atoms with Gasteiger partial charge in [-0.15, -0.1) is 21.5 Å². The molecular formula is C23H17N5OS2. The molecule has 0 spiro atoms. The number of rotatable bonds is 6. The Morgan fingerprint density at radius 1 is 1.00 bits per heavy atom. The van der Waals surface area contributed by atoms with Gasteiger partial charge in [0.15, 0.2) is 10.3 Å². The highest BCUT2D eigenvalue weighted by molar-refractivity contribution is 7.99. The molecule has 0 aliphatic carbocycles. The van der Waals surface area contributed by atoms with E-state index in [0.29, 0.717) is 10.3 Å². The Hall–Kier alpha value is -3.49. The number of thioether (sulfide) groups is 1. The van der Waals surface area contributed by atoms with Gasteiger partial charge in [-0.3, -0.25) is 9.36 Å². The lowest BCUT2D eigenvalue weighted by Gasteiger charge is -2.05. The third-order valence-corrected chi connectivity index (χ3v) is 6.38. The third kappa shape index (κ3) is 4.35. The molecule has 0 bridgehead atoms. The van der Waals surface area contributed by atoms with Crippen LogP contribution in [0.4, 0.5) is 5.13 Å². The van der Waals surface area contributed by atoms with Crippen LogP contribution in [0.15, 0.2) is 89.7 Å². The Morgan fingerprint density at radius 3 is 2.68 bits per heavy atom. The van der Waals surface area contributed by atoms with Crippen molar-refractivity contribution in [3.05, 3.63) is 84.5 Å². The van der Waals surface area contributed by atoms with Crippen LogP contribution in [0.2, 0.25) is 0 Å². The minimum Gasteiger partial charge on any atom is -0.301 e. The molecule has 0 atom stereocenters. The van der Waals surface area contributed by atoms with E-state index in [0.717, 1.165) is 22.3 Å². The van der Waals surface area contributed by atoms with Crippen molar-refractivity contribution in [2.24, 2.45) is 0 Å². The average Bonchev–Trinajstić information content (AvgIpc) is 3.48. The number of fused-ring (bicyclic) bond motifs is 1. The van der Waals surface area contributed by atoms with Gasteiger partial charge >= 0.3 is 0 Å². The molecule has 2 aromatic heterocycles. The van der Waals surface area contributed by atoms with E-state index >= 15 is 0 Å². The number of thiazole rings is 1. The maximum absolute atomic E-state index is 12.5. The number of para-hydroxylation sites is 1. The van der Waals surface area contributed by atoms with Crippen molar-refractivity contribution in [3.63, 3.8) is 0 Å². The lowest BCUT2D eigenvalue weighted by Crippen LogP contribution is -2.14. The summed E-state index contributed by atoms with van der Waals surface area (Å²) in [6.07, 6.45) is 1.65. The maximum atomic E-state index is 12.5. The molecular weight excluding hydrogens is 426 g/mol. The Kier molecular flexibility index (Phi) is 5.47. The summed E-state index contributed by atoms with van der Waals surface area (Å²) in [6.45, 7) is 0. The van der Waals surface area contributed by atoms with Crippen LogP contribution >= 0.6 is 23.1 Å². The zero-order valence-electron chi connectivity index (χ0n) is 16.3. The molecule has 0 saturated heterocycles. The van der Waals surface area contributed by atoms with E-state index in [9.17, 15) is 4.79 Å². The second-order valence-electron chi connectivity index (χ2n) is 6.76. The van der Waals surface area contributed by atoms with Gasteiger partial charge in [0.25, 0.3) is 0 Å². The smallest absolute Gasteiger partial charge is 0.236 e. The Labute approximate surface area is 187 Å². The predicted molar refractivity (Wildman–Crippen MR) is 126 cm³/mol. The van der Waals surface area contributed by atoms with Gasteiger partial charge in [-0.1, -0.05) is 66.4 Å². The Bertz CT molecular complexity index is 1350. The molecule has 0 aliphatic rings. The van der Waals surface area contributed by atoms with Crippen molar-refractivity contribution >= 4 is 44.9 Å². The summed E-state index contributed by atoms with van der Waals surface area (Å²) in [5, 5.41) is 16.5. The van der Waals surface area contributed by atoms with Gasteiger partial charge in [0.1, 0.15) is 6.33 Å². The molecule has 0 fully saturated rings. The number of benzene rings is 3. The first kappa shape index (κ1) is 19.5. The zero-order valence-corrected chi connectivity index (χ0v) is 17.9. The van der Waals surface area contributed by atoms with Crippen LogP contribution in [-0.2, 0) is 4.79 Å². The molecule has 6 nitrogen and oxygen atoms in total. The summed E-state index contributed by atoms with van der Waals surface area (Å²) in [6, 6.07) is 24.3. The minimum atomic E-state index is -0.132. The summed E-state index contributed by atoms with van der Waals surface area (Å²) in [4.78, 5) is 17.0. The van der Waals surface area contributed by atoms with Gasteiger partial charge in [0, 0.05) is 16.6 Å². The van der Waals surface area contributed by atoms with Crippen LogP contribution in [0.25, 0.3) is 27.7 Å². The highest BCUT2D eigenvalue weighted by Crippen LogP contribution is 2.28. The van der Waals surface area contributed by atoms with E-state index in [4.69, 9.17) is 0 Å². The first-order valence-corrected chi connectivity index (χ1v) is 11.5.